The molecule has 116 valence electrons. The van der Waals surface area contributed by atoms with E-state index >= 15 is 0 Å². The van der Waals surface area contributed by atoms with Crippen LogP contribution in [-0.2, 0) is 10.2 Å². The Bertz CT molecular complexity index is 657. The van der Waals surface area contributed by atoms with Crippen LogP contribution in [0, 0.1) is 12.7 Å². The number of nitrogens with zero attached hydrogens (tertiary/aromatic N) is 1. The normalized spacial score (nSPS) is 16.7. The van der Waals surface area contributed by atoms with Crippen LogP contribution < -0.4 is 15.8 Å². The number of piperazine rings is 1. The molecule has 7 nitrogen and oxygen atoms in total. The largest absolute Gasteiger partial charge is 0.366 e. The number of nitrogens with one attached hydrogen (secondary N) is 2. The van der Waals surface area contributed by atoms with Crippen LogP contribution in [0.4, 0.5) is 10.1 Å². The first-order valence-corrected chi connectivity index (χ1v) is 7.84. The van der Waals surface area contributed by atoms with Gasteiger partial charge in [-0.1, -0.05) is 0 Å². The van der Waals surface area contributed by atoms with Crippen LogP contribution in [0.1, 0.15) is 15.9 Å². The summed E-state index contributed by atoms with van der Waals surface area (Å²) in [4.78, 5) is 11.1. The zero-order valence-corrected chi connectivity index (χ0v) is 12.3. The van der Waals surface area contributed by atoms with E-state index in [0.29, 0.717) is 26.2 Å². The van der Waals surface area contributed by atoms with E-state index in [-0.39, 0.29) is 16.8 Å². The molecular formula is C12H17FN4O3S. The van der Waals surface area contributed by atoms with Gasteiger partial charge in [0.1, 0.15) is 5.82 Å². The molecule has 21 heavy (non-hydrogen) atoms. The second-order valence-corrected chi connectivity index (χ2v) is 6.42. The Hall–Kier alpha value is -1.71. The number of primary amides is 1. The molecule has 9 heteroatoms. The number of hydrogen-bond acceptors (Lipinski definition) is 4. The number of amides is 1. The van der Waals surface area contributed by atoms with Crippen molar-refractivity contribution in [3.8, 4) is 0 Å². The first kappa shape index (κ1) is 15.7. The van der Waals surface area contributed by atoms with E-state index in [1.165, 1.54) is 17.3 Å². The smallest absolute Gasteiger partial charge is 0.301 e. The molecule has 1 aromatic carbocycles. The number of benzene rings is 1. The standard InChI is InChI=1S/C12H17FN4O3S/c1-8-10(13)6-9(12(14)18)7-11(8)16-21(19,20)17-4-2-15-3-5-17/h6-7,15-16H,2-5H2,1H3,(H2,14,18). The maximum atomic E-state index is 13.8. The van der Waals surface area contributed by atoms with E-state index in [1.807, 2.05) is 0 Å². The Morgan fingerprint density at radius 3 is 2.57 bits per heavy atom. The average molecular weight is 316 g/mol. The van der Waals surface area contributed by atoms with Gasteiger partial charge in [0, 0.05) is 37.3 Å². The van der Waals surface area contributed by atoms with Crippen LogP contribution in [0.25, 0.3) is 0 Å². The minimum atomic E-state index is -3.79. The molecule has 1 aromatic rings. The lowest BCUT2D eigenvalue weighted by Crippen LogP contribution is -2.48. The molecule has 0 radical (unpaired) electrons. The summed E-state index contributed by atoms with van der Waals surface area (Å²) in [5, 5.41) is 3.04. The van der Waals surface area contributed by atoms with Gasteiger partial charge in [0.15, 0.2) is 0 Å². The van der Waals surface area contributed by atoms with Gasteiger partial charge in [-0.25, -0.2) is 4.39 Å². The van der Waals surface area contributed by atoms with Crippen LogP contribution >= 0.6 is 0 Å². The predicted octanol–water partition coefficient (Wildman–Crippen LogP) is -0.205. The van der Waals surface area contributed by atoms with Crippen LogP contribution in [0.2, 0.25) is 0 Å². The highest BCUT2D eigenvalue weighted by Crippen LogP contribution is 2.22. The summed E-state index contributed by atoms with van der Waals surface area (Å²) in [6.07, 6.45) is 0. The number of anilines is 1. The third kappa shape index (κ3) is 3.49. The molecule has 0 spiro atoms. The van der Waals surface area contributed by atoms with Crippen molar-refractivity contribution < 1.29 is 17.6 Å². The van der Waals surface area contributed by atoms with Gasteiger partial charge in [0.2, 0.25) is 5.91 Å². The molecule has 1 saturated heterocycles. The topological polar surface area (TPSA) is 105 Å². The van der Waals surface area contributed by atoms with Crippen molar-refractivity contribution in [1.29, 1.82) is 0 Å². The molecule has 0 aliphatic carbocycles. The Kier molecular flexibility index (Phi) is 4.45. The van der Waals surface area contributed by atoms with E-state index < -0.39 is 21.9 Å². The quantitative estimate of drug-likeness (QED) is 0.715. The molecule has 0 unspecified atom stereocenters. The molecule has 0 bridgehead atoms. The van der Waals surface area contributed by atoms with Crippen LogP contribution in [0.15, 0.2) is 12.1 Å². The van der Waals surface area contributed by atoms with E-state index in [2.05, 4.69) is 10.0 Å². The van der Waals surface area contributed by atoms with Crippen molar-refractivity contribution in [2.24, 2.45) is 5.73 Å². The van der Waals surface area contributed by atoms with Crippen LogP contribution in [0.5, 0.6) is 0 Å². The maximum Gasteiger partial charge on any atom is 0.301 e. The number of rotatable bonds is 4. The lowest BCUT2D eigenvalue weighted by Gasteiger charge is -2.27. The van der Waals surface area contributed by atoms with Gasteiger partial charge in [-0.2, -0.15) is 12.7 Å². The van der Waals surface area contributed by atoms with Crippen molar-refractivity contribution in [3.63, 3.8) is 0 Å². The van der Waals surface area contributed by atoms with E-state index in [0.717, 1.165) is 6.07 Å². The van der Waals surface area contributed by atoms with E-state index in [9.17, 15) is 17.6 Å². The number of carbonyl (C=O) groups is 1. The van der Waals surface area contributed by atoms with Crippen molar-refractivity contribution in [3.05, 3.63) is 29.1 Å². The van der Waals surface area contributed by atoms with Crippen LogP contribution in [0.3, 0.4) is 0 Å². The summed E-state index contributed by atoms with van der Waals surface area (Å²) in [5.41, 5.74) is 5.15. The molecule has 0 saturated carbocycles. The zero-order valence-electron chi connectivity index (χ0n) is 11.5. The van der Waals surface area contributed by atoms with Crippen molar-refractivity contribution in [1.82, 2.24) is 9.62 Å². The summed E-state index contributed by atoms with van der Waals surface area (Å²) < 4.78 is 41.8. The van der Waals surface area contributed by atoms with Crippen molar-refractivity contribution in [2.45, 2.75) is 6.92 Å². The molecular weight excluding hydrogens is 299 g/mol. The van der Waals surface area contributed by atoms with Crippen LogP contribution in [-0.4, -0.2) is 44.8 Å². The predicted molar refractivity (Wildman–Crippen MR) is 76.6 cm³/mol. The number of carbonyl (C=O) groups excluding carboxylic acids is 1. The fourth-order valence-corrected chi connectivity index (χ4v) is 3.30. The Morgan fingerprint density at radius 2 is 2.00 bits per heavy atom. The monoisotopic (exact) mass is 316 g/mol. The highest BCUT2D eigenvalue weighted by Gasteiger charge is 2.25. The Morgan fingerprint density at radius 1 is 1.38 bits per heavy atom. The van der Waals surface area contributed by atoms with E-state index in [4.69, 9.17) is 5.73 Å². The average Bonchev–Trinajstić information content (AvgIpc) is 2.44. The van der Waals surface area contributed by atoms with Gasteiger partial charge in [0.25, 0.3) is 0 Å². The second-order valence-electron chi connectivity index (χ2n) is 4.75. The molecule has 0 aromatic heterocycles. The van der Waals surface area contributed by atoms with Gasteiger partial charge >= 0.3 is 10.2 Å². The second kappa shape index (κ2) is 5.96. The first-order valence-electron chi connectivity index (χ1n) is 6.40. The summed E-state index contributed by atoms with van der Waals surface area (Å²) in [5.74, 6) is -1.51. The van der Waals surface area contributed by atoms with Gasteiger partial charge in [-0.15, -0.1) is 0 Å². The zero-order chi connectivity index (χ0) is 15.6. The highest BCUT2D eigenvalue weighted by molar-refractivity contribution is 7.90. The van der Waals surface area contributed by atoms with E-state index in [1.54, 1.807) is 0 Å². The van der Waals surface area contributed by atoms with Gasteiger partial charge in [-0.05, 0) is 19.1 Å². The lowest BCUT2D eigenvalue weighted by molar-refractivity contribution is 0.1000. The summed E-state index contributed by atoms with van der Waals surface area (Å²) >= 11 is 0. The number of halogens is 1. The summed E-state index contributed by atoms with van der Waals surface area (Å²) in [7, 11) is -3.79. The SMILES string of the molecule is Cc1c(F)cc(C(N)=O)cc1NS(=O)(=O)N1CCNCC1. The van der Waals surface area contributed by atoms with Crippen molar-refractivity contribution in [2.75, 3.05) is 30.9 Å². The molecule has 1 amide bonds. The highest BCUT2D eigenvalue weighted by atomic mass is 32.2. The minimum absolute atomic E-state index is 0.0160. The Balaban J connectivity index is 2.31. The van der Waals surface area contributed by atoms with Crippen molar-refractivity contribution >= 4 is 21.8 Å². The molecule has 1 aliphatic rings. The molecule has 2 rings (SSSR count). The number of hydrogen-bond donors (Lipinski definition) is 3. The maximum absolute atomic E-state index is 13.8. The fourth-order valence-electron chi connectivity index (χ4n) is 2.02. The van der Waals surface area contributed by atoms with Gasteiger partial charge < -0.3 is 11.1 Å². The minimum Gasteiger partial charge on any atom is -0.366 e. The molecule has 1 heterocycles. The molecule has 1 fully saturated rings. The fraction of sp³-hybridized carbons (Fsp3) is 0.417. The number of nitrogens with two attached hydrogens (primary N) is 1. The summed E-state index contributed by atoms with van der Waals surface area (Å²) in [6.45, 7) is 3.18. The Labute approximate surface area is 122 Å². The third-order valence-corrected chi connectivity index (χ3v) is 4.81. The van der Waals surface area contributed by atoms with Gasteiger partial charge in [-0.3, -0.25) is 9.52 Å². The molecule has 0 atom stereocenters. The first-order chi connectivity index (χ1) is 9.81. The molecule has 1 aliphatic heterocycles. The molecule has 4 N–H and O–H groups in total. The summed E-state index contributed by atoms with van der Waals surface area (Å²) in [6, 6.07) is 2.22. The third-order valence-electron chi connectivity index (χ3n) is 3.28. The van der Waals surface area contributed by atoms with Gasteiger partial charge in [0.05, 0.1) is 5.69 Å². The lowest BCUT2D eigenvalue weighted by atomic mass is 10.1.